The van der Waals surface area contributed by atoms with Gasteiger partial charge in [0.15, 0.2) is 12.3 Å². The molecule has 3 aromatic rings. The fraction of sp³-hybridized carbons (Fsp3) is 0.158. The van der Waals surface area contributed by atoms with Crippen LogP contribution < -0.4 is 4.90 Å². The molecular weight excluding hydrogens is 332 g/mol. The number of aromatic nitrogens is 3. The zero-order chi connectivity index (χ0) is 18.5. The minimum atomic E-state index is -0.681. The van der Waals surface area contributed by atoms with Gasteiger partial charge in [-0.3, -0.25) is 4.79 Å². The first-order chi connectivity index (χ1) is 12.6. The maximum atomic E-state index is 12.3. The number of anilines is 1. The second kappa shape index (κ2) is 7.60. The lowest BCUT2D eigenvalue weighted by Gasteiger charge is -2.16. The molecule has 1 heterocycles. The Morgan fingerprint density at radius 2 is 1.62 bits per heavy atom. The van der Waals surface area contributed by atoms with Crippen molar-refractivity contribution in [1.82, 2.24) is 15.0 Å². The van der Waals surface area contributed by atoms with Crippen molar-refractivity contribution in [1.29, 1.82) is 0 Å². The van der Waals surface area contributed by atoms with Gasteiger partial charge in [0.2, 0.25) is 0 Å². The van der Waals surface area contributed by atoms with E-state index in [1.165, 1.54) is 9.70 Å². The van der Waals surface area contributed by atoms with E-state index in [0.29, 0.717) is 5.69 Å². The zero-order valence-corrected chi connectivity index (χ0v) is 14.5. The number of likely N-dealkylation sites (N-methyl/N-ethyl adjacent to an activating group) is 1. The first-order valence-electron chi connectivity index (χ1n) is 8.04. The van der Waals surface area contributed by atoms with Gasteiger partial charge in [-0.25, -0.2) is 4.79 Å². The van der Waals surface area contributed by atoms with Crippen molar-refractivity contribution in [2.24, 2.45) is 0 Å². The van der Waals surface area contributed by atoms with Crippen LogP contribution in [0, 0.1) is 6.92 Å². The van der Waals surface area contributed by atoms with Crippen molar-refractivity contribution in [3.8, 4) is 5.69 Å². The summed E-state index contributed by atoms with van der Waals surface area (Å²) in [6, 6.07) is 18.4. The first-order valence-corrected chi connectivity index (χ1v) is 8.04. The number of para-hydroxylation sites is 2. The average Bonchev–Trinajstić information content (AvgIpc) is 3.08. The predicted molar refractivity (Wildman–Crippen MR) is 96.2 cm³/mol. The smallest absolute Gasteiger partial charge is 0.361 e. The van der Waals surface area contributed by atoms with Gasteiger partial charge in [0.1, 0.15) is 0 Å². The van der Waals surface area contributed by atoms with Crippen LogP contribution in [0.4, 0.5) is 5.69 Å². The normalized spacial score (nSPS) is 10.4. The molecule has 7 nitrogen and oxygen atoms in total. The summed E-state index contributed by atoms with van der Waals surface area (Å²) >= 11 is 0. The van der Waals surface area contributed by atoms with Crippen LogP contribution in [0.2, 0.25) is 0 Å². The highest BCUT2D eigenvalue weighted by Gasteiger charge is 2.20. The molecule has 0 N–H and O–H groups in total. The highest BCUT2D eigenvalue weighted by atomic mass is 16.5. The summed E-state index contributed by atoms with van der Waals surface area (Å²) in [5.74, 6) is -1.02. The highest BCUT2D eigenvalue weighted by Crippen LogP contribution is 2.12. The lowest BCUT2D eigenvalue weighted by atomic mass is 10.3. The Morgan fingerprint density at radius 3 is 2.27 bits per heavy atom. The van der Waals surface area contributed by atoms with Crippen LogP contribution in [0.3, 0.4) is 0 Å². The topological polar surface area (TPSA) is 77.3 Å². The van der Waals surface area contributed by atoms with Gasteiger partial charge in [-0.1, -0.05) is 36.4 Å². The molecule has 1 amide bonds. The number of nitrogens with zero attached hydrogens (tertiary/aromatic N) is 4. The van der Waals surface area contributed by atoms with E-state index in [1.54, 1.807) is 26.1 Å². The molecule has 3 rings (SSSR count). The van der Waals surface area contributed by atoms with Gasteiger partial charge in [0.05, 0.1) is 11.4 Å². The quantitative estimate of drug-likeness (QED) is 0.660. The number of rotatable bonds is 5. The monoisotopic (exact) mass is 350 g/mol. The Hall–Kier alpha value is -3.48. The van der Waals surface area contributed by atoms with Crippen molar-refractivity contribution in [2.45, 2.75) is 6.92 Å². The number of aryl methyl sites for hydroxylation is 1. The fourth-order valence-electron chi connectivity index (χ4n) is 2.33. The predicted octanol–water partition coefficient (Wildman–Crippen LogP) is 2.40. The van der Waals surface area contributed by atoms with E-state index in [1.807, 2.05) is 48.5 Å². The van der Waals surface area contributed by atoms with E-state index in [2.05, 4.69) is 10.2 Å². The van der Waals surface area contributed by atoms with Gasteiger partial charge < -0.3 is 9.64 Å². The van der Waals surface area contributed by atoms with E-state index in [0.717, 1.165) is 11.4 Å². The average molecular weight is 350 g/mol. The summed E-state index contributed by atoms with van der Waals surface area (Å²) < 4.78 is 5.12. The van der Waals surface area contributed by atoms with Crippen molar-refractivity contribution in [2.75, 3.05) is 18.6 Å². The highest BCUT2D eigenvalue weighted by molar-refractivity contribution is 5.96. The van der Waals surface area contributed by atoms with Crippen molar-refractivity contribution < 1.29 is 14.3 Å². The molecule has 7 heteroatoms. The minimum Gasteiger partial charge on any atom is -0.451 e. The second-order valence-corrected chi connectivity index (χ2v) is 5.62. The maximum absolute atomic E-state index is 12.3. The van der Waals surface area contributed by atoms with Crippen LogP contribution in [0.25, 0.3) is 5.69 Å². The molecule has 0 saturated carbocycles. The van der Waals surface area contributed by atoms with Crippen molar-refractivity contribution >= 4 is 17.6 Å². The molecular formula is C19H18N4O3. The van der Waals surface area contributed by atoms with Gasteiger partial charge in [-0.2, -0.15) is 9.90 Å². The molecule has 0 aliphatic rings. The van der Waals surface area contributed by atoms with Gasteiger partial charge in [-0.15, -0.1) is 5.10 Å². The van der Waals surface area contributed by atoms with E-state index in [-0.39, 0.29) is 18.2 Å². The molecule has 0 bridgehead atoms. The van der Waals surface area contributed by atoms with E-state index >= 15 is 0 Å². The number of benzene rings is 2. The Balaban J connectivity index is 1.65. The number of ether oxygens (including phenoxy) is 1. The van der Waals surface area contributed by atoms with Crippen molar-refractivity contribution in [3.63, 3.8) is 0 Å². The minimum absolute atomic E-state index is 0.0871. The van der Waals surface area contributed by atoms with Crippen LogP contribution >= 0.6 is 0 Å². The molecule has 0 unspecified atom stereocenters. The number of hydrogen-bond acceptors (Lipinski definition) is 5. The molecule has 0 saturated heterocycles. The summed E-state index contributed by atoms with van der Waals surface area (Å²) in [7, 11) is 1.63. The maximum Gasteiger partial charge on any atom is 0.361 e. The van der Waals surface area contributed by atoms with E-state index in [9.17, 15) is 9.59 Å². The third-order valence-electron chi connectivity index (χ3n) is 3.81. The molecule has 132 valence electrons. The molecule has 0 radical (unpaired) electrons. The molecule has 1 aromatic heterocycles. The Morgan fingerprint density at radius 1 is 1.00 bits per heavy atom. The first kappa shape index (κ1) is 17.3. The molecule has 2 aromatic carbocycles. The van der Waals surface area contributed by atoms with Crippen LogP contribution in [-0.4, -0.2) is 40.5 Å². The van der Waals surface area contributed by atoms with E-state index < -0.39 is 5.97 Å². The summed E-state index contributed by atoms with van der Waals surface area (Å²) in [6.45, 7) is 1.29. The molecule has 0 aliphatic carbocycles. The van der Waals surface area contributed by atoms with E-state index in [4.69, 9.17) is 4.74 Å². The molecule has 0 atom stereocenters. The van der Waals surface area contributed by atoms with Crippen molar-refractivity contribution in [3.05, 3.63) is 72.1 Å². The SMILES string of the molecule is Cc1nn(-c2ccccc2)nc1C(=O)OCC(=O)N(C)c1ccccc1. The number of carbonyl (C=O) groups is 2. The second-order valence-electron chi connectivity index (χ2n) is 5.62. The Kier molecular flexibility index (Phi) is 5.07. The molecule has 0 fully saturated rings. The third-order valence-corrected chi connectivity index (χ3v) is 3.81. The molecule has 0 aliphatic heterocycles. The van der Waals surface area contributed by atoms with Crippen LogP contribution in [0.1, 0.15) is 16.2 Å². The summed E-state index contributed by atoms with van der Waals surface area (Å²) in [5, 5.41) is 8.39. The lowest BCUT2D eigenvalue weighted by molar-refractivity contribution is -0.121. The summed E-state index contributed by atoms with van der Waals surface area (Å²) in [5.41, 5.74) is 1.97. The zero-order valence-electron chi connectivity index (χ0n) is 14.5. The number of hydrogen-bond donors (Lipinski definition) is 0. The Labute approximate surface area is 150 Å². The van der Waals surface area contributed by atoms with Gasteiger partial charge in [0, 0.05) is 12.7 Å². The standard InChI is InChI=1S/C19H18N4O3/c1-14-18(21-23(20-14)16-11-7-4-8-12-16)19(25)26-13-17(24)22(2)15-9-5-3-6-10-15/h3-12H,13H2,1-2H3. The number of amides is 1. The summed E-state index contributed by atoms with van der Waals surface area (Å²) in [4.78, 5) is 27.3. The number of esters is 1. The fourth-order valence-corrected chi connectivity index (χ4v) is 2.33. The van der Waals surface area contributed by atoms with Crippen LogP contribution in [-0.2, 0) is 9.53 Å². The van der Waals surface area contributed by atoms with Crippen LogP contribution in [0.15, 0.2) is 60.7 Å². The van der Waals surface area contributed by atoms with Crippen LogP contribution in [0.5, 0.6) is 0 Å². The lowest BCUT2D eigenvalue weighted by Crippen LogP contribution is -2.31. The summed E-state index contributed by atoms with van der Waals surface area (Å²) in [6.07, 6.45) is 0. The number of carbonyl (C=O) groups excluding carboxylic acids is 2. The van der Waals surface area contributed by atoms with Gasteiger partial charge in [0.25, 0.3) is 5.91 Å². The largest absolute Gasteiger partial charge is 0.451 e. The molecule has 0 spiro atoms. The Bertz CT molecular complexity index is 907. The van der Waals surface area contributed by atoms with Gasteiger partial charge in [-0.05, 0) is 31.2 Å². The third kappa shape index (κ3) is 3.77. The molecule has 26 heavy (non-hydrogen) atoms. The van der Waals surface area contributed by atoms with Gasteiger partial charge >= 0.3 is 5.97 Å².